The Labute approximate surface area is 92.2 Å². The van der Waals surface area contributed by atoms with Gasteiger partial charge in [0.05, 0.1) is 0 Å². The zero-order chi connectivity index (χ0) is 10.8. The number of hydrogen-bond acceptors (Lipinski definition) is 2. The molecule has 15 heavy (non-hydrogen) atoms. The van der Waals surface area contributed by atoms with Crippen molar-refractivity contribution in [2.75, 3.05) is 13.1 Å². The maximum atomic E-state index is 12.1. The molecule has 1 aliphatic heterocycles. The molecule has 3 nitrogen and oxygen atoms in total. The maximum Gasteiger partial charge on any atom is 0.223 e. The third kappa shape index (κ3) is 2.71. The van der Waals surface area contributed by atoms with Gasteiger partial charge in [0.25, 0.3) is 0 Å². The summed E-state index contributed by atoms with van der Waals surface area (Å²) in [6.45, 7) is 6.31. The lowest BCUT2D eigenvalue weighted by atomic mass is 10.1. The van der Waals surface area contributed by atoms with E-state index in [1.54, 1.807) is 0 Å². The van der Waals surface area contributed by atoms with Gasteiger partial charge in [0.1, 0.15) is 0 Å². The minimum atomic E-state index is 0.376. The fraction of sp³-hybridized carbons (Fsp3) is 0.917. The van der Waals surface area contributed by atoms with Crippen LogP contribution in [-0.2, 0) is 4.79 Å². The molecule has 1 heterocycles. The first-order chi connectivity index (χ1) is 7.18. The first kappa shape index (κ1) is 10.9. The van der Waals surface area contributed by atoms with E-state index < -0.39 is 0 Å². The molecular weight excluding hydrogens is 188 g/mol. The lowest BCUT2D eigenvalue weighted by molar-refractivity contribution is -0.134. The van der Waals surface area contributed by atoms with Gasteiger partial charge in [-0.3, -0.25) is 4.79 Å². The number of carbonyl (C=O) groups excluding carboxylic acids is 1. The van der Waals surface area contributed by atoms with Crippen molar-refractivity contribution >= 4 is 5.91 Å². The third-order valence-corrected chi connectivity index (χ3v) is 3.24. The number of amides is 1. The fourth-order valence-corrected chi connectivity index (χ4v) is 2.39. The first-order valence-corrected chi connectivity index (χ1v) is 6.20. The zero-order valence-corrected chi connectivity index (χ0v) is 9.83. The molecule has 0 spiro atoms. The molecule has 0 aromatic rings. The van der Waals surface area contributed by atoms with Crippen LogP contribution in [0.1, 0.15) is 39.5 Å². The van der Waals surface area contributed by atoms with E-state index in [1.165, 1.54) is 12.8 Å². The van der Waals surface area contributed by atoms with E-state index in [4.69, 9.17) is 0 Å². The van der Waals surface area contributed by atoms with Crippen molar-refractivity contribution in [1.29, 1.82) is 0 Å². The lowest BCUT2D eigenvalue weighted by Gasteiger charge is -2.29. The summed E-state index contributed by atoms with van der Waals surface area (Å²) >= 11 is 0. The van der Waals surface area contributed by atoms with Crippen LogP contribution in [0.3, 0.4) is 0 Å². The number of hydrogen-bond donors (Lipinski definition) is 1. The molecule has 1 N–H and O–H groups in total. The Kier molecular flexibility index (Phi) is 3.29. The molecule has 3 heteroatoms. The Morgan fingerprint density at radius 3 is 2.53 bits per heavy atom. The second kappa shape index (κ2) is 4.52. The van der Waals surface area contributed by atoms with Crippen LogP contribution in [0.25, 0.3) is 0 Å². The van der Waals surface area contributed by atoms with Crippen LogP contribution in [0, 0.1) is 5.92 Å². The molecule has 2 rings (SSSR count). The van der Waals surface area contributed by atoms with Gasteiger partial charge in [0, 0.05) is 25.0 Å². The molecule has 1 saturated heterocycles. The molecule has 0 bridgehead atoms. The van der Waals surface area contributed by atoms with Gasteiger partial charge in [-0.15, -0.1) is 0 Å². The van der Waals surface area contributed by atoms with E-state index in [1.807, 2.05) is 0 Å². The average Bonchev–Trinajstić information content (AvgIpc) is 2.80. The van der Waals surface area contributed by atoms with Crippen molar-refractivity contribution in [1.82, 2.24) is 10.2 Å². The lowest BCUT2D eigenvalue weighted by Crippen LogP contribution is -2.43. The standard InChI is InChI=1S/C12H22N2O/c1-9(2)7-12(15)14(10-3-4-10)11-5-6-13-8-11/h9-11,13H,3-8H2,1-2H3. The monoisotopic (exact) mass is 210 g/mol. The van der Waals surface area contributed by atoms with E-state index in [2.05, 4.69) is 24.1 Å². The van der Waals surface area contributed by atoms with Crippen molar-refractivity contribution in [3.05, 3.63) is 0 Å². The summed E-state index contributed by atoms with van der Waals surface area (Å²) in [7, 11) is 0. The molecule has 0 aromatic heterocycles. The van der Waals surface area contributed by atoms with Crippen molar-refractivity contribution < 1.29 is 4.79 Å². The Morgan fingerprint density at radius 1 is 1.33 bits per heavy atom. The predicted molar refractivity (Wildman–Crippen MR) is 60.6 cm³/mol. The van der Waals surface area contributed by atoms with Crippen LogP contribution < -0.4 is 5.32 Å². The number of carbonyl (C=O) groups is 1. The first-order valence-electron chi connectivity index (χ1n) is 6.20. The predicted octanol–water partition coefficient (Wildman–Crippen LogP) is 1.39. The van der Waals surface area contributed by atoms with Gasteiger partial charge >= 0.3 is 0 Å². The van der Waals surface area contributed by atoms with Gasteiger partial charge < -0.3 is 10.2 Å². The molecule has 86 valence electrons. The minimum Gasteiger partial charge on any atom is -0.335 e. The zero-order valence-electron chi connectivity index (χ0n) is 9.83. The van der Waals surface area contributed by atoms with Gasteiger partial charge in [-0.1, -0.05) is 13.8 Å². The smallest absolute Gasteiger partial charge is 0.223 e. The summed E-state index contributed by atoms with van der Waals surface area (Å²) < 4.78 is 0. The Balaban J connectivity index is 1.95. The van der Waals surface area contributed by atoms with Gasteiger partial charge in [0.2, 0.25) is 5.91 Å². The quantitative estimate of drug-likeness (QED) is 0.760. The highest BCUT2D eigenvalue weighted by Gasteiger charge is 2.38. The molecule has 1 aliphatic carbocycles. The Hall–Kier alpha value is -0.570. The summed E-state index contributed by atoms with van der Waals surface area (Å²) in [5.74, 6) is 0.856. The highest BCUT2D eigenvalue weighted by molar-refractivity contribution is 5.77. The maximum absolute atomic E-state index is 12.1. The van der Waals surface area contributed by atoms with Crippen LogP contribution in [-0.4, -0.2) is 36.0 Å². The van der Waals surface area contributed by atoms with Crippen LogP contribution in [0.15, 0.2) is 0 Å². The molecule has 1 atom stereocenters. The van der Waals surface area contributed by atoms with E-state index in [-0.39, 0.29) is 0 Å². The summed E-state index contributed by atoms with van der Waals surface area (Å²) in [6.07, 6.45) is 4.30. The topological polar surface area (TPSA) is 32.3 Å². The van der Waals surface area contributed by atoms with Crippen LogP contribution >= 0.6 is 0 Å². The Bertz CT molecular complexity index is 230. The molecule has 1 unspecified atom stereocenters. The van der Waals surface area contributed by atoms with E-state index in [0.717, 1.165) is 19.5 Å². The van der Waals surface area contributed by atoms with Gasteiger partial charge in [0.15, 0.2) is 0 Å². The van der Waals surface area contributed by atoms with Crippen molar-refractivity contribution in [2.24, 2.45) is 5.92 Å². The van der Waals surface area contributed by atoms with E-state index in [0.29, 0.717) is 30.3 Å². The average molecular weight is 210 g/mol. The molecular formula is C12H22N2O. The highest BCUT2D eigenvalue weighted by Crippen LogP contribution is 2.31. The molecule has 1 saturated carbocycles. The minimum absolute atomic E-state index is 0.376. The summed E-state index contributed by atoms with van der Waals surface area (Å²) in [5, 5.41) is 3.35. The normalized spacial score (nSPS) is 25.9. The van der Waals surface area contributed by atoms with E-state index >= 15 is 0 Å². The third-order valence-electron chi connectivity index (χ3n) is 3.24. The summed E-state index contributed by atoms with van der Waals surface area (Å²) in [4.78, 5) is 14.3. The van der Waals surface area contributed by atoms with E-state index in [9.17, 15) is 4.79 Å². The van der Waals surface area contributed by atoms with Crippen molar-refractivity contribution in [3.63, 3.8) is 0 Å². The number of rotatable bonds is 4. The Morgan fingerprint density at radius 2 is 2.07 bits per heavy atom. The number of nitrogens with one attached hydrogen (secondary N) is 1. The highest BCUT2D eigenvalue weighted by atomic mass is 16.2. The van der Waals surface area contributed by atoms with Crippen molar-refractivity contribution in [2.45, 2.75) is 51.6 Å². The van der Waals surface area contributed by atoms with Crippen LogP contribution in [0.2, 0.25) is 0 Å². The molecule has 1 amide bonds. The van der Waals surface area contributed by atoms with Gasteiger partial charge in [-0.2, -0.15) is 0 Å². The largest absolute Gasteiger partial charge is 0.335 e. The second-order valence-electron chi connectivity index (χ2n) is 5.28. The summed E-state index contributed by atoms with van der Waals surface area (Å²) in [6, 6.07) is 1.05. The van der Waals surface area contributed by atoms with Crippen LogP contribution in [0.4, 0.5) is 0 Å². The second-order valence-corrected chi connectivity index (χ2v) is 5.28. The van der Waals surface area contributed by atoms with Crippen LogP contribution in [0.5, 0.6) is 0 Å². The SMILES string of the molecule is CC(C)CC(=O)N(C1CC1)C1CCNC1. The molecule has 2 aliphatic rings. The van der Waals surface area contributed by atoms with Gasteiger partial charge in [-0.25, -0.2) is 0 Å². The molecule has 2 fully saturated rings. The van der Waals surface area contributed by atoms with Gasteiger partial charge in [-0.05, 0) is 31.7 Å². The molecule has 0 radical (unpaired) electrons. The fourth-order valence-electron chi connectivity index (χ4n) is 2.39. The molecule has 0 aromatic carbocycles. The summed E-state index contributed by atoms with van der Waals surface area (Å²) in [5.41, 5.74) is 0. The number of nitrogens with zero attached hydrogens (tertiary/aromatic N) is 1. The van der Waals surface area contributed by atoms with Crippen molar-refractivity contribution in [3.8, 4) is 0 Å².